The molecule has 0 saturated carbocycles. The summed E-state index contributed by atoms with van der Waals surface area (Å²) >= 11 is 0. The molecule has 1 amide bonds. The van der Waals surface area contributed by atoms with Crippen LogP contribution in [0.5, 0.6) is 0 Å². The predicted molar refractivity (Wildman–Crippen MR) is 83.8 cm³/mol. The summed E-state index contributed by atoms with van der Waals surface area (Å²) in [5.41, 5.74) is 1.06. The molecule has 1 aliphatic heterocycles. The van der Waals surface area contributed by atoms with Gasteiger partial charge < -0.3 is 13.9 Å². The Balaban J connectivity index is 1.64. The average Bonchev–Trinajstić information content (AvgIpc) is 3.11. The number of hydrogen-bond donors (Lipinski definition) is 0. The zero-order chi connectivity index (χ0) is 15.7. The van der Waals surface area contributed by atoms with E-state index in [4.69, 9.17) is 4.42 Å². The molecule has 0 radical (unpaired) electrons. The first-order valence-corrected chi connectivity index (χ1v) is 7.93. The van der Waals surface area contributed by atoms with E-state index in [9.17, 15) is 4.79 Å². The number of aryl methyl sites for hydroxylation is 3. The first kappa shape index (κ1) is 14.9. The van der Waals surface area contributed by atoms with Crippen LogP contribution in [0.3, 0.4) is 0 Å². The highest BCUT2D eigenvalue weighted by Crippen LogP contribution is 2.21. The van der Waals surface area contributed by atoms with Crippen molar-refractivity contribution in [3.05, 3.63) is 41.4 Å². The fourth-order valence-electron chi connectivity index (χ4n) is 3.22. The van der Waals surface area contributed by atoms with Gasteiger partial charge in [0.05, 0.1) is 0 Å². The zero-order valence-electron chi connectivity index (χ0n) is 13.5. The van der Waals surface area contributed by atoms with E-state index < -0.39 is 0 Å². The molecule has 118 valence electrons. The van der Waals surface area contributed by atoms with Crippen LogP contribution in [0, 0.1) is 12.8 Å². The fraction of sp³-hybridized carbons (Fsp3) is 0.529. The van der Waals surface area contributed by atoms with Crippen LogP contribution in [0.25, 0.3) is 0 Å². The summed E-state index contributed by atoms with van der Waals surface area (Å²) in [6.07, 6.45) is 6.75. The molecule has 0 spiro atoms. The molecule has 0 saturated heterocycles. The van der Waals surface area contributed by atoms with Gasteiger partial charge in [-0.3, -0.25) is 4.79 Å². The lowest BCUT2D eigenvalue weighted by atomic mass is 9.99. The van der Waals surface area contributed by atoms with Crippen molar-refractivity contribution in [1.29, 1.82) is 0 Å². The maximum absolute atomic E-state index is 12.5. The number of fused-ring (bicyclic) bond motifs is 1. The average molecular weight is 301 g/mol. The van der Waals surface area contributed by atoms with Gasteiger partial charge in [0.25, 0.3) is 5.91 Å². The molecular weight excluding hydrogens is 278 g/mol. The van der Waals surface area contributed by atoms with Crippen LogP contribution in [0.15, 0.2) is 22.9 Å². The number of rotatable bonds is 4. The Kier molecular flexibility index (Phi) is 4.05. The molecule has 0 N–H and O–H groups in total. The number of nitrogens with zero attached hydrogens (tertiary/aromatic N) is 3. The van der Waals surface area contributed by atoms with Crippen molar-refractivity contribution in [2.75, 3.05) is 13.6 Å². The smallest absolute Gasteiger partial charge is 0.289 e. The zero-order valence-corrected chi connectivity index (χ0v) is 13.5. The highest BCUT2D eigenvalue weighted by molar-refractivity contribution is 5.91. The first-order chi connectivity index (χ1) is 10.6. The number of carbonyl (C=O) groups excluding carboxylic acids is 1. The van der Waals surface area contributed by atoms with Gasteiger partial charge in [-0.2, -0.15) is 0 Å². The molecule has 22 heavy (non-hydrogen) atoms. The highest BCUT2D eigenvalue weighted by atomic mass is 16.4. The molecule has 1 atom stereocenters. The lowest BCUT2D eigenvalue weighted by molar-refractivity contribution is 0.0727. The Labute approximate surface area is 130 Å². The maximum atomic E-state index is 12.5. The molecule has 0 bridgehead atoms. The second kappa shape index (κ2) is 5.99. The SMILES string of the molecule is CCc1oc(C(=O)N(C)C[C@H]2CCc3nccn3C2)cc1C. The number of aromatic nitrogens is 2. The summed E-state index contributed by atoms with van der Waals surface area (Å²) in [7, 11) is 1.86. The van der Waals surface area contributed by atoms with Gasteiger partial charge in [-0.1, -0.05) is 6.92 Å². The van der Waals surface area contributed by atoms with Crippen LogP contribution in [0.2, 0.25) is 0 Å². The van der Waals surface area contributed by atoms with E-state index in [2.05, 4.69) is 9.55 Å². The highest BCUT2D eigenvalue weighted by Gasteiger charge is 2.24. The summed E-state index contributed by atoms with van der Waals surface area (Å²) in [6, 6.07) is 1.85. The number of imidazole rings is 1. The largest absolute Gasteiger partial charge is 0.456 e. The van der Waals surface area contributed by atoms with Crippen LogP contribution in [-0.2, 0) is 19.4 Å². The summed E-state index contributed by atoms with van der Waals surface area (Å²) in [6.45, 7) is 5.71. The fourth-order valence-corrected chi connectivity index (χ4v) is 3.22. The molecule has 1 aliphatic rings. The monoisotopic (exact) mass is 301 g/mol. The normalized spacial score (nSPS) is 17.3. The summed E-state index contributed by atoms with van der Waals surface area (Å²) in [4.78, 5) is 18.6. The van der Waals surface area contributed by atoms with Gasteiger partial charge in [-0.05, 0) is 30.9 Å². The molecule has 0 aliphatic carbocycles. The van der Waals surface area contributed by atoms with Gasteiger partial charge in [0.15, 0.2) is 5.76 Å². The molecule has 5 heteroatoms. The van der Waals surface area contributed by atoms with Crippen LogP contribution in [-0.4, -0.2) is 34.0 Å². The predicted octanol–water partition coefficient (Wildman–Crippen LogP) is 2.68. The minimum Gasteiger partial charge on any atom is -0.456 e. The van der Waals surface area contributed by atoms with Gasteiger partial charge in [-0.15, -0.1) is 0 Å². The van der Waals surface area contributed by atoms with Gasteiger partial charge in [0.1, 0.15) is 11.6 Å². The first-order valence-electron chi connectivity index (χ1n) is 7.93. The number of hydrogen-bond acceptors (Lipinski definition) is 3. The molecule has 5 nitrogen and oxygen atoms in total. The summed E-state index contributed by atoms with van der Waals surface area (Å²) < 4.78 is 7.87. The summed E-state index contributed by atoms with van der Waals surface area (Å²) in [5.74, 6) is 2.95. The van der Waals surface area contributed by atoms with Crippen molar-refractivity contribution in [2.45, 2.75) is 39.7 Å². The Hall–Kier alpha value is -2.04. The minimum atomic E-state index is -0.0285. The van der Waals surface area contributed by atoms with Crippen LogP contribution in [0.1, 0.15) is 41.0 Å². The second-order valence-corrected chi connectivity index (χ2v) is 6.16. The van der Waals surface area contributed by atoms with Crippen molar-refractivity contribution in [1.82, 2.24) is 14.5 Å². The van der Waals surface area contributed by atoms with Crippen molar-refractivity contribution < 1.29 is 9.21 Å². The van der Waals surface area contributed by atoms with E-state index in [1.165, 1.54) is 0 Å². The third kappa shape index (κ3) is 2.80. The number of carbonyl (C=O) groups is 1. The lowest BCUT2D eigenvalue weighted by Gasteiger charge is -2.27. The molecule has 0 fully saturated rings. The van der Waals surface area contributed by atoms with Gasteiger partial charge >= 0.3 is 0 Å². The van der Waals surface area contributed by atoms with E-state index in [0.29, 0.717) is 11.7 Å². The second-order valence-electron chi connectivity index (χ2n) is 6.16. The Morgan fingerprint density at radius 1 is 1.55 bits per heavy atom. The number of amides is 1. The molecule has 3 heterocycles. The van der Waals surface area contributed by atoms with E-state index in [1.54, 1.807) is 4.90 Å². The van der Waals surface area contributed by atoms with Gasteiger partial charge in [-0.25, -0.2) is 4.98 Å². The van der Waals surface area contributed by atoms with E-state index >= 15 is 0 Å². The van der Waals surface area contributed by atoms with Crippen molar-refractivity contribution in [3.8, 4) is 0 Å². The molecule has 2 aromatic rings. The van der Waals surface area contributed by atoms with Crippen molar-refractivity contribution in [3.63, 3.8) is 0 Å². The quantitative estimate of drug-likeness (QED) is 0.872. The molecule has 0 aromatic carbocycles. The number of furan rings is 1. The Bertz CT molecular complexity index is 671. The van der Waals surface area contributed by atoms with Gasteiger partial charge in [0, 0.05) is 45.4 Å². The Morgan fingerprint density at radius 2 is 2.36 bits per heavy atom. The van der Waals surface area contributed by atoms with Crippen LogP contribution in [0.4, 0.5) is 0 Å². The molecular formula is C17H23N3O2. The third-order valence-electron chi connectivity index (χ3n) is 4.46. The van der Waals surface area contributed by atoms with Crippen LogP contribution >= 0.6 is 0 Å². The standard InChI is InChI=1S/C17H23N3O2/c1-4-14-12(2)9-15(22-14)17(21)19(3)10-13-5-6-16-18-7-8-20(16)11-13/h7-9,13H,4-6,10-11H2,1-3H3/t13-/m1/s1. The molecule has 0 unspecified atom stereocenters. The van der Waals surface area contributed by atoms with Crippen molar-refractivity contribution in [2.24, 2.45) is 5.92 Å². The van der Waals surface area contributed by atoms with E-state index in [-0.39, 0.29) is 5.91 Å². The van der Waals surface area contributed by atoms with Gasteiger partial charge in [0.2, 0.25) is 0 Å². The minimum absolute atomic E-state index is 0.0285. The third-order valence-corrected chi connectivity index (χ3v) is 4.46. The maximum Gasteiger partial charge on any atom is 0.289 e. The van der Waals surface area contributed by atoms with Crippen LogP contribution < -0.4 is 0 Å². The van der Waals surface area contributed by atoms with Crippen molar-refractivity contribution >= 4 is 5.91 Å². The summed E-state index contributed by atoms with van der Waals surface area (Å²) in [5, 5.41) is 0. The molecule has 2 aromatic heterocycles. The van der Waals surface area contributed by atoms with E-state index in [1.807, 2.05) is 39.4 Å². The van der Waals surface area contributed by atoms with E-state index in [0.717, 1.165) is 49.5 Å². The lowest BCUT2D eigenvalue weighted by Crippen LogP contribution is -2.35. The molecule has 3 rings (SSSR count). The topological polar surface area (TPSA) is 51.3 Å². The Morgan fingerprint density at radius 3 is 3.09 bits per heavy atom.